The Morgan fingerprint density at radius 1 is 0.811 bits per heavy atom. The molecule has 0 aliphatic rings. The van der Waals surface area contributed by atoms with Crippen LogP contribution in [0.15, 0.2) is 83.9 Å². The lowest BCUT2D eigenvalue weighted by Crippen LogP contribution is -2.37. The summed E-state index contributed by atoms with van der Waals surface area (Å²) < 4.78 is 15.6. The van der Waals surface area contributed by atoms with Gasteiger partial charge in [0.15, 0.2) is 0 Å². The molecule has 0 aromatic heterocycles. The third kappa shape index (κ3) is 8.81. The number of aliphatic imine (C=N–C) groups is 1. The van der Waals surface area contributed by atoms with Gasteiger partial charge in [-0.1, -0.05) is 72.8 Å². The molecule has 3 aromatic rings. The fraction of sp³-hybridized carbons (Fsp3) is 0.214. The van der Waals surface area contributed by atoms with E-state index in [0.29, 0.717) is 11.1 Å². The molecule has 0 bridgehead atoms. The fourth-order valence-electron chi connectivity index (χ4n) is 3.19. The van der Waals surface area contributed by atoms with Crippen molar-refractivity contribution in [2.75, 3.05) is 0 Å². The number of amides is 2. The molecule has 9 nitrogen and oxygen atoms in total. The Labute approximate surface area is 215 Å². The van der Waals surface area contributed by atoms with E-state index in [9.17, 15) is 14.4 Å². The predicted octanol–water partition coefficient (Wildman–Crippen LogP) is 5.19. The summed E-state index contributed by atoms with van der Waals surface area (Å²) in [6.07, 6.45) is -1.82. The minimum absolute atomic E-state index is 0.0269. The van der Waals surface area contributed by atoms with Crippen molar-refractivity contribution >= 4 is 24.1 Å². The quantitative estimate of drug-likeness (QED) is 0.205. The first-order valence-corrected chi connectivity index (χ1v) is 11.5. The van der Waals surface area contributed by atoms with Gasteiger partial charge in [0.25, 0.3) is 0 Å². The van der Waals surface area contributed by atoms with Crippen LogP contribution in [0, 0.1) is 0 Å². The lowest BCUT2D eigenvalue weighted by molar-refractivity contribution is 0.00703. The third-order valence-corrected chi connectivity index (χ3v) is 4.83. The Hall–Kier alpha value is -4.66. The molecule has 0 aliphatic heterocycles. The molecule has 2 amide bonds. The Bertz CT molecular complexity index is 1270. The van der Waals surface area contributed by atoms with Crippen LogP contribution in [0.3, 0.4) is 0 Å². The van der Waals surface area contributed by atoms with E-state index in [2.05, 4.69) is 10.3 Å². The highest BCUT2D eigenvalue weighted by Gasteiger charge is 2.20. The molecular formula is C28H29N3O6. The lowest BCUT2D eigenvalue weighted by Gasteiger charge is -2.20. The van der Waals surface area contributed by atoms with Crippen LogP contribution in [0.2, 0.25) is 0 Å². The van der Waals surface area contributed by atoms with Crippen LogP contribution < -0.4 is 11.1 Å². The number of ether oxygens (including phenoxy) is 3. The summed E-state index contributed by atoms with van der Waals surface area (Å²) in [4.78, 5) is 39.9. The van der Waals surface area contributed by atoms with Gasteiger partial charge in [0.05, 0.1) is 5.56 Å². The molecule has 0 atom stereocenters. The monoisotopic (exact) mass is 503 g/mol. The number of hydrogen-bond acceptors (Lipinski definition) is 6. The Morgan fingerprint density at radius 2 is 1.41 bits per heavy atom. The zero-order chi connectivity index (χ0) is 26.8. The summed E-state index contributed by atoms with van der Waals surface area (Å²) in [5.41, 5.74) is 8.44. The van der Waals surface area contributed by atoms with Crippen molar-refractivity contribution in [2.24, 2.45) is 10.7 Å². The Balaban J connectivity index is 1.52. The number of guanidine groups is 1. The van der Waals surface area contributed by atoms with E-state index in [1.165, 1.54) is 0 Å². The number of nitrogens with two attached hydrogens (primary N) is 1. The number of carbonyl (C=O) groups is 3. The number of rotatable bonds is 6. The highest BCUT2D eigenvalue weighted by Crippen LogP contribution is 2.26. The van der Waals surface area contributed by atoms with Crippen LogP contribution >= 0.6 is 0 Å². The fourth-order valence-corrected chi connectivity index (χ4v) is 3.19. The van der Waals surface area contributed by atoms with Crippen LogP contribution in [0.4, 0.5) is 9.59 Å². The second kappa shape index (κ2) is 12.3. The topological polar surface area (TPSA) is 129 Å². The Kier molecular flexibility index (Phi) is 8.99. The van der Waals surface area contributed by atoms with Crippen molar-refractivity contribution in [1.82, 2.24) is 5.32 Å². The van der Waals surface area contributed by atoms with E-state index >= 15 is 0 Å². The number of nitrogens with one attached hydrogen (secondary N) is 1. The smallest absolute Gasteiger partial charge is 0.437 e. The van der Waals surface area contributed by atoms with E-state index in [1.54, 1.807) is 36.4 Å². The first-order valence-electron chi connectivity index (χ1n) is 11.5. The second-order valence-electron chi connectivity index (χ2n) is 8.98. The van der Waals surface area contributed by atoms with Gasteiger partial charge < -0.3 is 19.9 Å². The molecule has 0 aliphatic carbocycles. The molecule has 9 heteroatoms. The zero-order valence-corrected chi connectivity index (χ0v) is 20.9. The van der Waals surface area contributed by atoms with E-state index in [0.717, 1.165) is 16.7 Å². The van der Waals surface area contributed by atoms with E-state index in [-0.39, 0.29) is 13.2 Å². The van der Waals surface area contributed by atoms with Gasteiger partial charge in [0.1, 0.15) is 18.8 Å². The van der Waals surface area contributed by atoms with Crippen molar-refractivity contribution in [3.63, 3.8) is 0 Å². The number of alkyl carbamates (subject to hydrolysis) is 1. The minimum atomic E-state index is -0.941. The number of benzene rings is 3. The molecule has 0 saturated heterocycles. The molecule has 3 N–H and O–H groups in total. The van der Waals surface area contributed by atoms with Gasteiger partial charge >= 0.3 is 18.2 Å². The molecule has 0 heterocycles. The molecule has 0 fully saturated rings. The summed E-state index contributed by atoms with van der Waals surface area (Å²) in [5, 5.41) is 2.17. The maximum Gasteiger partial charge on any atom is 0.437 e. The van der Waals surface area contributed by atoms with Gasteiger partial charge in [0.2, 0.25) is 5.96 Å². The van der Waals surface area contributed by atoms with E-state index in [1.807, 2.05) is 63.2 Å². The molecule has 0 unspecified atom stereocenters. The summed E-state index contributed by atoms with van der Waals surface area (Å²) in [6.45, 7) is 5.42. The molecule has 0 radical (unpaired) electrons. The van der Waals surface area contributed by atoms with E-state index in [4.69, 9.17) is 19.9 Å². The van der Waals surface area contributed by atoms with Gasteiger partial charge in [-0.25, -0.2) is 14.4 Å². The van der Waals surface area contributed by atoms with Crippen LogP contribution in [-0.2, 0) is 27.4 Å². The number of hydrogen-bond donors (Lipinski definition) is 2. The number of nitrogens with zero attached hydrogens (tertiary/aromatic N) is 1. The van der Waals surface area contributed by atoms with Crippen molar-refractivity contribution in [1.29, 1.82) is 0 Å². The normalized spacial score (nSPS) is 11.4. The number of esters is 1. The van der Waals surface area contributed by atoms with Gasteiger partial charge in [-0.3, -0.25) is 5.32 Å². The van der Waals surface area contributed by atoms with Crippen LogP contribution in [0.1, 0.15) is 42.3 Å². The summed E-state index contributed by atoms with van der Waals surface area (Å²) in [7, 11) is 0. The molecular weight excluding hydrogens is 474 g/mol. The Morgan fingerprint density at radius 3 is 2.08 bits per heavy atom. The number of carbonyl (C=O) groups excluding carboxylic acids is 3. The third-order valence-electron chi connectivity index (χ3n) is 4.83. The minimum Gasteiger partial charge on any atom is -0.456 e. The standard InChI is InChI=1S/C28H29N3O6/c1-28(2,3)37-24(32)23-12-8-7-11-22(23)21-15-13-20(14-16-21)18-36-27(34)31-25(29)30-26(33)35-17-19-9-5-4-6-10-19/h4-16H,17-18H2,1-3H3,(H3,29,30,31,33,34). The average molecular weight is 504 g/mol. The van der Waals surface area contributed by atoms with Crippen LogP contribution in [-0.4, -0.2) is 29.7 Å². The highest BCUT2D eigenvalue weighted by atomic mass is 16.6. The van der Waals surface area contributed by atoms with Gasteiger partial charge in [-0.05, 0) is 49.1 Å². The van der Waals surface area contributed by atoms with Crippen molar-refractivity contribution in [3.8, 4) is 11.1 Å². The highest BCUT2D eigenvalue weighted by molar-refractivity contribution is 5.98. The molecule has 3 aromatic carbocycles. The van der Waals surface area contributed by atoms with Gasteiger partial charge in [0, 0.05) is 0 Å². The van der Waals surface area contributed by atoms with Gasteiger partial charge in [-0.15, -0.1) is 4.99 Å². The van der Waals surface area contributed by atoms with Crippen molar-refractivity contribution in [3.05, 3.63) is 95.6 Å². The SMILES string of the molecule is CC(C)(C)OC(=O)c1ccccc1-c1ccc(COC(=O)NC(N)=NC(=O)OCc2ccccc2)cc1. The van der Waals surface area contributed by atoms with Crippen LogP contribution in [0.25, 0.3) is 11.1 Å². The molecule has 3 rings (SSSR count). The second-order valence-corrected chi connectivity index (χ2v) is 8.98. The molecule has 0 spiro atoms. The van der Waals surface area contributed by atoms with Crippen molar-refractivity contribution in [2.45, 2.75) is 39.6 Å². The summed E-state index contributed by atoms with van der Waals surface area (Å²) in [5.74, 6) is -0.854. The predicted molar refractivity (Wildman–Crippen MR) is 139 cm³/mol. The van der Waals surface area contributed by atoms with Crippen LogP contribution in [0.5, 0.6) is 0 Å². The van der Waals surface area contributed by atoms with Gasteiger partial charge in [-0.2, -0.15) is 0 Å². The van der Waals surface area contributed by atoms with Crippen molar-refractivity contribution < 1.29 is 28.6 Å². The summed E-state index contributed by atoms with van der Waals surface area (Å²) in [6, 6.07) is 23.4. The maximum absolute atomic E-state index is 12.6. The largest absolute Gasteiger partial charge is 0.456 e. The first-order chi connectivity index (χ1) is 17.6. The molecule has 192 valence electrons. The van der Waals surface area contributed by atoms with E-state index < -0.39 is 29.7 Å². The zero-order valence-electron chi connectivity index (χ0n) is 20.9. The first kappa shape index (κ1) is 26.9. The molecule has 37 heavy (non-hydrogen) atoms. The maximum atomic E-state index is 12.6. The summed E-state index contributed by atoms with van der Waals surface area (Å²) >= 11 is 0. The lowest BCUT2D eigenvalue weighted by atomic mass is 9.98. The average Bonchev–Trinajstić information content (AvgIpc) is 2.86. The molecule has 0 saturated carbocycles.